The first-order chi connectivity index (χ1) is 8.27. The lowest BCUT2D eigenvalue weighted by atomic mass is 10.2. The molecular weight excluding hydrogens is 276 g/mol. The van der Waals surface area contributed by atoms with E-state index in [9.17, 15) is 0 Å². The first-order valence-corrected chi connectivity index (χ1v) is 6.45. The zero-order chi connectivity index (χ0) is 12.1. The maximum absolute atomic E-state index is 4.30. The molecular formula is C14H15BrN2. The van der Waals surface area contributed by atoms with Crippen LogP contribution < -0.4 is 5.32 Å². The SMILES string of the molecule is Cc1cccc(NCCc2ccccn2)c1Br. The zero-order valence-corrected chi connectivity index (χ0v) is 11.4. The number of anilines is 1. The van der Waals surface area contributed by atoms with Crippen LogP contribution in [0.25, 0.3) is 0 Å². The first kappa shape index (κ1) is 12.1. The van der Waals surface area contributed by atoms with E-state index < -0.39 is 0 Å². The second-order valence-corrected chi connectivity index (χ2v) is 4.73. The monoisotopic (exact) mass is 290 g/mol. The third-order valence-corrected chi connectivity index (χ3v) is 3.67. The van der Waals surface area contributed by atoms with Gasteiger partial charge in [-0.3, -0.25) is 4.98 Å². The number of pyridine rings is 1. The van der Waals surface area contributed by atoms with E-state index in [1.54, 1.807) is 0 Å². The van der Waals surface area contributed by atoms with Gasteiger partial charge in [-0.2, -0.15) is 0 Å². The van der Waals surface area contributed by atoms with Gasteiger partial charge in [-0.25, -0.2) is 0 Å². The fraction of sp³-hybridized carbons (Fsp3) is 0.214. The van der Waals surface area contributed by atoms with Crippen LogP contribution in [-0.2, 0) is 6.42 Å². The minimum atomic E-state index is 0.888. The number of benzene rings is 1. The van der Waals surface area contributed by atoms with Crippen molar-refractivity contribution in [1.29, 1.82) is 0 Å². The highest BCUT2D eigenvalue weighted by molar-refractivity contribution is 9.10. The van der Waals surface area contributed by atoms with E-state index >= 15 is 0 Å². The van der Waals surface area contributed by atoms with E-state index in [4.69, 9.17) is 0 Å². The molecule has 1 aromatic heterocycles. The molecule has 17 heavy (non-hydrogen) atoms. The van der Waals surface area contributed by atoms with Crippen LogP contribution in [0.3, 0.4) is 0 Å². The smallest absolute Gasteiger partial charge is 0.0487 e. The maximum Gasteiger partial charge on any atom is 0.0487 e. The van der Waals surface area contributed by atoms with E-state index in [-0.39, 0.29) is 0 Å². The molecule has 1 heterocycles. The number of aromatic nitrogens is 1. The molecule has 0 spiro atoms. The largest absolute Gasteiger partial charge is 0.384 e. The molecule has 0 saturated carbocycles. The van der Waals surface area contributed by atoms with Gasteiger partial charge >= 0.3 is 0 Å². The van der Waals surface area contributed by atoms with Crippen molar-refractivity contribution in [3.05, 3.63) is 58.3 Å². The number of nitrogens with one attached hydrogen (secondary N) is 1. The van der Waals surface area contributed by atoms with Gasteiger partial charge < -0.3 is 5.32 Å². The topological polar surface area (TPSA) is 24.9 Å². The van der Waals surface area contributed by atoms with Crippen molar-refractivity contribution in [2.45, 2.75) is 13.3 Å². The zero-order valence-electron chi connectivity index (χ0n) is 9.78. The molecule has 0 saturated heterocycles. The molecule has 1 N–H and O–H groups in total. The number of aryl methyl sites for hydroxylation is 1. The molecule has 0 aliphatic heterocycles. The molecule has 0 aliphatic carbocycles. The molecule has 0 unspecified atom stereocenters. The van der Waals surface area contributed by atoms with E-state index in [0.717, 1.165) is 28.8 Å². The van der Waals surface area contributed by atoms with E-state index in [2.05, 4.69) is 51.4 Å². The Balaban J connectivity index is 1.93. The molecule has 0 aliphatic rings. The summed E-state index contributed by atoms with van der Waals surface area (Å²) in [4.78, 5) is 4.30. The molecule has 2 aromatic rings. The maximum atomic E-state index is 4.30. The highest BCUT2D eigenvalue weighted by atomic mass is 79.9. The van der Waals surface area contributed by atoms with E-state index in [1.807, 2.05) is 24.4 Å². The third-order valence-electron chi connectivity index (χ3n) is 2.61. The van der Waals surface area contributed by atoms with Crippen LogP contribution in [0.4, 0.5) is 5.69 Å². The van der Waals surface area contributed by atoms with Crippen molar-refractivity contribution in [1.82, 2.24) is 4.98 Å². The summed E-state index contributed by atoms with van der Waals surface area (Å²) in [6, 6.07) is 12.2. The molecule has 88 valence electrons. The molecule has 2 rings (SSSR count). The summed E-state index contributed by atoms with van der Waals surface area (Å²) < 4.78 is 1.14. The predicted octanol–water partition coefficient (Wildman–Crippen LogP) is 3.81. The quantitative estimate of drug-likeness (QED) is 0.926. The van der Waals surface area contributed by atoms with Crippen molar-refractivity contribution in [2.75, 3.05) is 11.9 Å². The Morgan fingerprint density at radius 2 is 2.06 bits per heavy atom. The Labute approximate surface area is 110 Å². The Morgan fingerprint density at radius 3 is 2.82 bits per heavy atom. The Hall–Kier alpha value is -1.35. The van der Waals surface area contributed by atoms with Crippen molar-refractivity contribution < 1.29 is 0 Å². The number of hydrogen-bond donors (Lipinski definition) is 1. The van der Waals surface area contributed by atoms with Crippen LogP contribution in [0.5, 0.6) is 0 Å². The first-order valence-electron chi connectivity index (χ1n) is 5.66. The summed E-state index contributed by atoms with van der Waals surface area (Å²) in [6.07, 6.45) is 2.76. The second-order valence-electron chi connectivity index (χ2n) is 3.93. The summed E-state index contributed by atoms with van der Waals surface area (Å²) in [5, 5.41) is 3.42. The molecule has 1 aromatic carbocycles. The van der Waals surface area contributed by atoms with Gasteiger partial charge in [-0.1, -0.05) is 18.2 Å². The minimum Gasteiger partial charge on any atom is -0.384 e. The van der Waals surface area contributed by atoms with Crippen LogP contribution in [0.15, 0.2) is 47.1 Å². The van der Waals surface area contributed by atoms with Crippen molar-refractivity contribution in [3.63, 3.8) is 0 Å². The summed E-state index contributed by atoms with van der Waals surface area (Å²) >= 11 is 3.59. The Bertz CT molecular complexity index is 483. The third kappa shape index (κ3) is 3.30. The lowest BCUT2D eigenvalue weighted by Gasteiger charge is -2.09. The number of halogens is 1. The van der Waals surface area contributed by atoms with Crippen LogP contribution in [0, 0.1) is 6.92 Å². The summed E-state index contributed by atoms with van der Waals surface area (Å²) in [5.74, 6) is 0. The van der Waals surface area contributed by atoms with Crippen LogP contribution in [-0.4, -0.2) is 11.5 Å². The molecule has 0 amide bonds. The van der Waals surface area contributed by atoms with Gasteiger partial charge in [0.05, 0.1) is 0 Å². The number of rotatable bonds is 4. The van der Waals surface area contributed by atoms with Gasteiger partial charge in [0.1, 0.15) is 0 Å². The molecule has 0 fully saturated rings. The highest BCUT2D eigenvalue weighted by Crippen LogP contribution is 2.25. The minimum absolute atomic E-state index is 0.888. The highest BCUT2D eigenvalue weighted by Gasteiger charge is 2.01. The van der Waals surface area contributed by atoms with Crippen LogP contribution >= 0.6 is 15.9 Å². The van der Waals surface area contributed by atoms with Gasteiger partial charge in [-0.15, -0.1) is 0 Å². The lowest BCUT2D eigenvalue weighted by molar-refractivity contribution is 0.960. The Morgan fingerprint density at radius 1 is 1.18 bits per heavy atom. The fourth-order valence-electron chi connectivity index (χ4n) is 1.66. The molecule has 0 radical (unpaired) electrons. The summed E-state index contributed by atoms with van der Waals surface area (Å²) in [7, 11) is 0. The lowest BCUT2D eigenvalue weighted by Crippen LogP contribution is -2.06. The average Bonchev–Trinajstić information content (AvgIpc) is 2.36. The number of nitrogens with zero attached hydrogens (tertiary/aromatic N) is 1. The van der Waals surface area contributed by atoms with Crippen LogP contribution in [0.1, 0.15) is 11.3 Å². The summed E-state index contributed by atoms with van der Waals surface area (Å²) in [6.45, 7) is 2.98. The van der Waals surface area contributed by atoms with Gasteiger partial charge in [0.25, 0.3) is 0 Å². The standard InChI is InChI=1S/C14H15BrN2/c1-11-5-4-7-13(14(11)15)17-10-8-12-6-2-3-9-16-12/h2-7,9,17H,8,10H2,1H3. The number of hydrogen-bond acceptors (Lipinski definition) is 2. The van der Waals surface area contributed by atoms with E-state index in [0.29, 0.717) is 0 Å². The van der Waals surface area contributed by atoms with Crippen molar-refractivity contribution in [2.24, 2.45) is 0 Å². The van der Waals surface area contributed by atoms with Crippen molar-refractivity contribution in [3.8, 4) is 0 Å². The van der Waals surface area contributed by atoms with Gasteiger partial charge in [0.15, 0.2) is 0 Å². The van der Waals surface area contributed by atoms with Gasteiger partial charge in [0.2, 0.25) is 0 Å². The molecule has 0 atom stereocenters. The normalized spacial score (nSPS) is 10.2. The summed E-state index contributed by atoms with van der Waals surface area (Å²) in [5.41, 5.74) is 3.50. The van der Waals surface area contributed by atoms with Crippen LogP contribution in [0.2, 0.25) is 0 Å². The second kappa shape index (κ2) is 5.82. The van der Waals surface area contributed by atoms with E-state index in [1.165, 1.54) is 5.56 Å². The average molecular weight is 291 g/mol. The molecule has 3 heteroatoms. The van der Waals surface area contributed by atoms with Gasteiger partial charge in [-0.05, 0) is 46.6 Å². The predicted molar refractivity (Wildman–Crippen MR) is 75.3 cm³/mol. The fourth-order valence-corrected chi connectivity index (χ4v) is 2.06. The molecule has 2 nitrogen and oxygen atoms in total. The van der Waals surface area contributed by atoms with Gasteiger partial charge in [0, 0.05) is 35.0 Å². The Kier molecular flexibility index (Phi) is 4.15. The van der Waals surface area contributed by atoms with Crippen molar-refractivity contribution >= 4 is 21.6 Å². The molecule has 0 bridgehead atoms.